The largest absolute Gasteiger partial charge is 0.459 e. The summed E-state index contributed by atoms with van der Waals surface area (Å²) in [5.41, 5.74) is -7.85. The number of benzene rings is 2. The molecular weight excluding hydrogens is 624 g/mol. The van der Waals surface area contributed by atoms with Crippen LogP contribution in [0, 0.1) is 40.9 Å². The third-order valence-corrected chi connectivity index (χ3v) is 11.9. The lowest BCUT2D eigenvalue weighted by molar-refractivity contribution is -0.239. The first-order chi connectivity index (χ1) is 23.0. The summed E-state index contributed by atoms with van der Waals surface area (Å²) in [4.78, 5) is 67.4. The maximum Gasteiger partial charge on any atom is 0.350 e. The average Bonchev–Trinajstić information content (AvgIpc) is 3.81. The second-order valence-electron chi connectivity index (χ2n) is 13.6. The first kappa shape index (κ1) is 30.7. The second kappa shape index (κ2) is 9.98. The smallest absolute Gasteiger partial charge is 0.350 e. The molecule has 4 saturated heterocycles. The van der Waals surface area contributed by atoms with E-state index in [9.17, 15) is 34.2 Å². The fraction of sp³-hybridized carbons (Fsp3) is 0.472. The Morgan fingerprint density at radius 3 is 2.33 bits per heavy atom. The van der Waals surface area contributed by atoms with E-state index in [2.05, 4.69) is 5.92 Å². The van der Waals surface area contributed by atoms with Gasteiger partial charge in [-0.25, -0.2) is 14.4 Å². The quantitative estimate of drug-likeness (QED) is 0.192. The topological polar surface area (TPSA) is 172 Å². The Bertz CT molecular complexity index is 1820. The van der Waals surface area contributed by atoms with E-state index in [0.29, 0.717) is 24.0 Å². The van der Waals surface area contributed by atoms with Crippen molar-refractivity contribution in [2.24, 2.45) is 28.6 Å². The predicted octanol–water partition coefficient (Wildman–Crippen LogP) is 1.73. The van der Waals surface area contributed by atoms with Gasteiger partial charge in [-0.3, -0.25) is 9.59 Å². The summed E-state index contributed by atoms with van der Waals surface area (Å²) in [5.74, 6) is -4.01. The zero-order chi connectivity index (χ0) is 34.0. The summed E-state index contributed by atoms with van der Waals surface area (Å²) in [6.07, 6.45) is -0.782. The van der Waals surface area contributed by atoms with Crippen LogP contribution in [-0.4, -0.2) is 81.8 Å². The number of carbonyl (C=O) groups is 5. The SMILES string of the molecule is C#CC(CCC)[C@@H]1CC2OC(=O)C34OC5OC(=O)[C@H](OC(=O)c6ccc(C(=O)c7ccccc7)cc6)C51C23[C@@H](O)C1OC(=O)[C@@H](C)[C@@]14O. The summed E-state index contributed by atoms with van der Waals surface area (Å²) >= 11 is 0. The normalized spacial score (nSPS) is 41.7. The number of ether oxygens (including phenoxy) is 5. The van der Waals surface area contributed by atoms with Crippen LogP contribution < -0.4 is 0 Å². The Balaban J connectivity index is 1.24. The Morgan fingerprint density at radius 2 is 1.67 bits per heavy atom. The third-order valence-electron chi connectivity index (χ3n) is 11.9. The van der Waals surface area contributed by atoms with E-state index in [-0.39, 0.29) is 17.8 Å². The van der Waals surface area contributed by atoms with E-state index in [0.717, 1.165) is 0 Å². The van der Waals surface area contributed by atoms with Gasteiger partial charge in [0.1, 0.15) is 17.6 Å². The number of ketones is 1. The van der Waals surface area contributed by atoms with Crippen LogP contribution in [0.2, 0.25) is 0 Å². The molecule has 6 aliphatic rings. The zero-order valence-corrected chi connectivity index (χ0v) is 26.0. The number of aliphatic hydroxyl groups excluding tert-OH is 1. The highest BCUT2D eigenvalue weighted by Gasteiger charge is 3.04. The molecule has 4 aliphatic heterocycles. The van der Waals surface area contributed by atoms with E-state index >= 15 is 0 Å². The lowest BCUT2D eigenvalue weighted by Gasteiger charge is -2.46. The molecule has 12 nitrogen and oxygen atoms in total. The molecule has 48 heavy (non-hydrogen) atoms. The van der Waals surface area contributed by atoms with Crippen molar-refractivity contribution in [1.82, 2.24) is 0 Å². The zero-order valence-electron chi connectivity index (χ0n) is 26.0. The van der Waals surface area contributed by atoms with E-state index in [1.807, 2.05) is 6.92 Å². The Morgan fingerprint density at radius 1 is 1.00 bits per heavy atom. The number of hydrogen-bond acceptors (Lipinski definition) is 12. The first-order valence-corrected chi connectivity index (χ1v) is 16.0. The average molecular weight is 657 g/mol. The fourth-order valence-corrected chi connectivity index (χ4v) is 10.1. The van der Waals surface area contributed by atoms with Crippen LogP contribution in [0.15, 0.2) is 54.6 Å². The molecule has 2 aromatic carbocycles. The van der Waals surface area contributed by atoms with Gasteiger partial charge in [0, 0.05) is 17.0 Å². The van der Waals surface area contributed by atoms with Crippen molar-refractivity contribution in [3.8, 4) is 12.3 Å². The van der Waals surface area contributed by atoms with Crippen LogP contribution in [0.25, 0.3) is 0 Å². The molecule has 2 spiro atoms. The fourth-order valence-electron chi connectivity index (χ4n) is 10.1. The van der Waals surface area contributed by atoms with Crippen molar-refractivity contribution in [3.05, 3.63) is 71.3 Å². The van der Waals surface area contributed by atoms with Crippen molar-refractivity contribution in [3.63, 3.8) is 0 Å². The molecule has 2 aromatic rings. The molecule has 8 rings (SSSR count). The highest BCUT2D eigenvalue weighted by atomic mass is 16.8. The number of carbonyl (C=O) groups excluding carboxylic acids is 5. The molecule has 0 aromatic heterocycles. The monoisotopic (exact) mass is 656 g/mol. The van der Waals surface area contributed by atoms with Crippen LogP contribution in [0.5, 0.6) is 0 Å². The number of rotatable bonds is 7. The van der Waals surface area contributed by atoms with E-state index in [4.69, 9.17) is 30.1 Å². The van der Waals surface area contributed by atoms with Crippen LogP contribution in [0.3, 0.4) is 0 Å². The molecule has 2 aliphatic carbocycles. The molecule has 0 amide bonds. The minimum absolute atomic E-state index is 0.00636. The van der Waals surface area contributed by atoms with Crippen LogP contribution in [0.4, 0.5) is 0 Å². The van der Waals surface area contributed by atoms with Gasteiger partial charge in [-0.2, -0.15) is 0 Å². The number of fused-ring (bicyclic) bond motifs is 1. The maximum absolute atomic E-state index is 14.0. The third kappa shape index (κ3) is 3.16. The van der Waals surface area contributed by atoms with Crippen LogP contribution in [-0.2, 0) is 38.1 Å². The number of aliphatic hydroxyl groups is 2. The maximum atomic E-state index is 14.0. The molecule has 0 radical (unpaired) electrons. The molecule has 7 unspecified atom stereocenters. The Hall–Kier alpha value is -4.57. The van der Waals surface area contributed by atoms with E-state index < -0.39 is 94.4 Å². The molecule has 2 saturated carbocycles. The number of hydrogen-bond donors (Lipinski definition) is 2. The molecule has 0 bridgehead atoms. The predicted molar refractivity (Wildman–Crippen MR) is 159 cm³/mol. The first-order valence-electron chi connectivity index (χ1n) is 16.0. The molecule has 248 valence electrons. The van der Waals surface area contributed by atoms with Crippen molar-refractivity contribution in [2.75, 3.05) is 0 Å². The second-order valence-corrected chi connectivity index (χ2v) is 13.6. The van der Waals surface area contributed by atoms with Gasteiger partial charge >= 0.3 is 23.9 Å². The highest BCUT2D eigenvalue weighted by Crippen LogP contribution is 2.84. The summed E-state index contributed by atoms with van der Waals surface area (Å²) in [5, 5.41) is 24.6. The van der Waals surface area contributed by atoms with Crippen LogP contribution >= 0.6 is 0 Å². The Labute approximate surface area is 274 Å². The summed E-state index contributed by atoms with van der Waals surface area (Å²) in [6, 6.07) is 14.3. The summed E-state index contributed by atoms with van der Waals surface area (Å²) in [7, 11) is 0. The van der Waals surface area contributed by atoms with Gasteiger partial charge in [-0.1, -0.05) is 55.8 Å². The summed E-state index contributed by atoms with van der Waals surface area (Å²) < 4.78 is 29.5. The lowest BCUT2D eigenvalue weighted by Crippen LogP contribution is -2.67. The minimum atomic E-state index is -2.42. The van der Waals surface area contributed by atoms with E-state index in [1.54, 1.807) is 30.3 Å². The van der Waals surface area contributed by atoms with Gasteiger partial charge in [0.2, 0.25) is 18.0 Å². The minimum Gasteiger partial charge on any atom is -0.459 e. The standard InChI is InChI=1S/C36H32O12/c1-4-9-18(5-2)22-16-23-34-25(38)26-35(43,17(3)28(39)45-26)36(34,31(42)44-23)48-32-33(22,34)27(30(41)47-32)46-29(40)21-14-12-20(13-15-21)24(37)19-10-7-6-8-11-19/h2,6-8,10-15,17-18,22-23,25-27,32,38,43H,4,9,16H2,1,3H3/t17-,18?,22+,23?,25+,26?,27+,32?,33?,34?,35-,36?/m1/s1. The lowest BCUT2D eigenvalue weighted by atomic mass is 9.52. The number of esters is 4. The van der Waals surface area contributed by atoms with Gasteiger partial charge in [-0.15, -0.1) is 12.3 Å². The van der Waals surface area contributed by atoms with Gasteiger partial charge < -0.3 is 33.9 Å². The molecule has 6 fully saturated rings. The van der Waals surface area contributed by atoms with Gasteiger partial charge in [0.05, 0.1) is 16.9 Å². The van der Waals surface area contributed by atoms with Gasteiger partial charge in [0.15, 0.2) is 17.5 Å². The van der Waals surface area contributed by atoms with Crippen LogP contribution in [0.1, 0.15) is 59.4 Å². The molecule has 12 heteroatoms. The molecule has 4 heterocycles. The number of terminal acetylenes is 1. The highest BCUT2D eigenvalue weighted by molar-refractivity contribution is 6.09. The molecule has 12 atom stereocenters. The van der Waals surface area contributed by atoms with Crippen molar-refractivity contribution in [1.29, 1.82) is 0 Å². The van der Waals surface area contributed by atoms with Gasteiger partial charge in [0.25, 0.3) is 0 Å². The van der Waals surface area contributed by atoms with Crippen molar-refractivity contribution < 1.29 is 57.9 Å². The summed E-state index contributed by atoms with van der Waals surface area (Å²) in [6.45, 7) is 3.28. The molecule has 2 N–H and O–H groups in total. The Kier molecular flexibility index (Phi) is 6.39. The van der Waals surface area contributed by atoms with Crippen molar-refractivity contribution >= 4 is 29.7 Å². The molecular formula is C36H32O12. The van der Waals surface area contributed by atoms with E-state index in [1.165, 1.54) is 31.2 Å². The van der Waals surface area contributed by atoms with Crippen molar-refractivity contribution in [2.45, 2.75) is 75.0 Å². The van der Waals surface area contributed by atoms with Gasteiger partial charge in [-0.05, 0) is 37.8 Å².